The summed E-state index contributed by atoms with van der Waals surface area (Å²) in [6.07, 6.45) is 5.73. The molecule has 2 aromatic carbocycles. The summed E-state index contributed by atoms with van der Waals surface area (Å²) < 4.78 is 11.4. The molecule has 8 heteroatoms. The Morgan fingerprint density at radius 2 is 1.85 bits per heavy atom. The molecule has 202 valence electrons. The molecule has 0 spiro atoms. The predicted octanol–water partition coefficient (Wildman–Crippen LogP) is 4.27. The maximum Gasteiger partial charge on any atom is 0.253 e. The van der Waals surface area contributed by atoms with E-state index in [2.05, 4.69) is 20.5 Å². The number of nitrogens with zero attached hydrogens (tertiary/aromatic N) is 2. The summed E-state index contributed by atoms with van der Waals surface area (Å²) in [5, 5.41) is 6.25. The van der Waals surface area contributed by atoms with E-state index >= 15 is 0 Å². The Bertz CT molecular complexity index is 1340. The molecular weight excluding hydrogens is 492 g/mol. The van der Waals surface area contributed by atoms with E-state index in [0.717, 1.165) is 49.2 Å². The summed E-state index contributed by atoms with van der Waals surface area (Å²) in [4.78, 5) is 32.9. The topological polar surface area (TPSA) is 92.8 Å². The van der Waals surface area contributed by atoms with Crippen LogP contribution in [-0.2, 0) is 6.54 Å². The Labute approximate surface area is 228 Å². The number of hydrogen-bond donors (Lipinski definition) is 2. The number of benzene rings is 2. The van der Waals surface area contributed by atoms with Crippen LogP contribution in [-0.4, -0.2) is 48.6 Å². The van der Waals surface area contributed by atoms with Crippen molar-refractivity contribution in [2.24, 2.45) is 5.92 Å². The molecule has 0 radical (unpaired) electrons. The van der Waals surface area contributed by atoms with Crippen LogP contribution in [0.25, 0.3) is 0 Å². The smallest absolute Gasteiger partial charge is 0.253 e. The average Bonchev–Trinajstić information content (AvgIpc) is 3.39. The SMILES string of the molecule is Cc1c(C(=O)NC2CC3CCCN(c4ccc(C(=O)NCc5ccccc5)cn4)C3C2)ccc2c1OCCO2. The first-order valence-electron chi connectivity index (χ1n) is 13.8. The molecule has 3 aliphatic rings. The van der Waals surface area contributed by atoms with E-state index in [4.69, 9.17) is 9.47 Å². The van der Waals surface area contributed by atoms with Crippen LogP contribution in [0.15, 0.2) is 60.8 Å². The van der Waals surface area contributed by atoms with E-state index in [0.29, 0.717) is 54.3 Å². The summed E-state index contributed by atoms with van der Waals surface area (Å²) in [5.41, 5.74) is 3.06. The number of aromatic nitrogens is 1. The van der Waals surface area contributed by atoms with Gasteiger partial charge in [0.15, 0.2) is 11.5 Å². The number of nitrogens with one attached hydrogen (secondary N) is 2. The lowest BCUT2D eigenvalue weighted by atomic mass is 9.92. The number of piperidine rings is 1. The first kappa shape index (κ1) is 25.2. The molecule has 0 bridgehead atoms. The van der Waals surface area contributed by atoms with Gasteiger partial charge in [-0.3, -0.25) is 9.59 Å². The van der Waals surface area contributed by atoms with E-state index in [1.165, 1.54) is 0 Å². The van der Waals surface area contributed by atoms with Crippen molar-refractivity contribution in [3.05, 3.63) is 83.0 Å². The molecule has 1 saturated carbocycles. The van der Waals surface area contributed by atoms with Gasteiger partial charge in [-0.15, -0.1) is 0 Å². The van der Waals surface area contributed by atoms with Crippen LogP contribution in [0, 0.1) is 12.8 Å². The minimum Gasteiger partial charge on any atom is -0.486 e. The Morgan fingerprint density at radius 3 is 2.67 bits per heavy atom. The molecule has 3 unspecified atom stereocenters. The fourth-order valence-corrected chi connectivity index (χ4v) is 6.22. The number of pyridine rings is 1. The minimum atomic E-state index is -0.132. The van der Waals surface area contributed by atoms with Crippen LogP contribution in [0.5, 0.6) is 11.5 Å². The monoisotopic (exact) mass is 526 g/mol. The molecule has 1 saturated heterocycles. The Kier molecular flexibility index (Phi) is 7.09. The Hall–Kier alpha value is -4.07. The number of carbonyl (C=O) groups excluding carboxylic acids is 2. The molecule has 2 N–H and O–H groups in total. The highest BCUT2D eigenvalue weighted by atomic mass is 16.6. The fraction of sp³-hybridized carbons (Fsp3) is 0.387. The maximum atomic E-state index is 13.2. The van der Waals surface area contributed by atoms with Crippen LogP contribution < -0.4 is 25.0 Å². The number of carbonyl (C=O) groups is 2. The van der Waals surface area contributed by atoms with Crippen molar-refractivity contribution < 1.29 is 19.1 Å². The van der Waals surface area contributed by atoms with Gasteiger partial charge in [0.1, 0.15) is 19.0 Å². The number of hydrogen-bond acceptors (Lipinski definition) is 6. The lowest BCUT2D eigenvalue weighted by molar-refractivity contribution is 0.0931. The number of amides is 2. The third-order valence-electron chi connectivity index (χ3n) is 8.17. The van der Waals surface area contributed by atoms with Crippen molar-refractivity contribution in [1.29, 1.82) is 0 Å². The van der Waals surface area contributed by atoms with E-state index in [-0.39, 0.29) is 17.9 Å². The summed E-state index contributed by atoms with van der Waals surface area (Å²) in [6, 6.07) is 17.7. The molecule has 1 aliphatic carbocycles. The molecule has 39 heavy (non-hydrogen) atoms. The van der Waals surface area contributed by atoms with Crippen molar-refractivity contribution in [2.45, 2.75) is 51.2 Å². The lowest BCUT2D eigenvalue weighted by Gasteiger charge is -2.38. The molecule has 3 aromatic rings. The van der Waals surface area contributed by atoms with Gasteiger partial charge in [-0.1, -0.05) is 30.3 Å². The first-order valence-corrected chi connectivity index (χ1v) is 13.8. The summed E-state index contributed by atoms with van der Waals surface area (Å²) in [7, 11) is 0. The lowest BCUT2D eigenvalue weighted by Crippen LogP contribution is -2.43. The summed E-state index contributed by atoms with van der Waals surface area (Å²) in [6.45, 7) is 4.34. The zero-order chi connectivity index (χ0) is 26.8. The van der Waals surface area contributed by atoms with Crippen molar-refractivity contribution in [3.63, 3.8) is 0 Å². The molecule has 3 heterocycles. The van der Waals surface area contributed by atoms with Gasteiger partial charge in [-0.05, 0) is 68.4 Å². The van der Waals surface area contributed by atoms with E-state index in [9.17, 15) is 9.59 Å². The van der Waals surface area contributed by atoms with Gasteiger partial charge in [0.2, 0.25) is 0 Å². The van der Waals surface area contributed by atoms with Crippen LogP contribution >= 0.6 is 0 Å². The van der Waals surface area contributed by atoms with Crippen LogP contribution in [0.4, 0.5) is 5.82 Å². The van der Waals surface area contributed by atoms with Gasteiger partial charge in [-0.25, -0.2) is 4.98 Å². The third-order valence-corrected chi connectivity index (χ3v) is 8.17. The van der Waals surface area contributed by atoms with Crippen LogP contribution in [0.1, 0.15) is 57.5 Å². The van der Waals surface area contributed by atoms with Gasteiger partial charge in [-0.2, -0.15) is 0 Å². The van der Waals surface area contributed by atoms with Gasteiger partial charge in [0.05, 0.1) is 5.56 Å². The van der Waals surface area contributed by atoms with Gasteiger partial charge in [0.25, 0.3) is 11.8 Å². The zero-order valence-electron chi connectivity index (χ0n) is 22.2. The second-order valence-electron chi connectivity index (χ2n) is 10.6. The highest BCUT2D eigenvalue weighted by Gasteiger charge is 2.41. The van der Waals surface area contributed by atoms with Crippen molar-refractivity contribution in [3.8, 4) is 11.5 Å². The van der Waals surface area contributed by atoms with Crippen molar-refractivity contribution in [2.75, 3.05) is 24.7 Å². The van der Waals surface area contributed by atoms with Crippen LogP contribution in [0.2, 0.25) is 0 Å². The van der Waals surface area contributed by atoms with Crippen LogP contribution in [0.3, 0.4) is 0 Å². The molecule has 2 fully saturated rings. The van der Waals surface area contributed by atoms with Gasteiger partial charge in [0, 0.05) is 42.5 Å². The van der Waals surface area contributed by atoms with Gasteiger partial charge < -0.3 is 25.0 Å². The molecular formula is C31H34N4O4. The molecule has 2 aliphatic heterocycles. The number of anilines is 1. The standard InChI is InChI=1S/C31H34N4O4/c1-20-25(10-11-27-29(20)39-15-14-38-27)31(37)34-24-16-22-8-5-13-35(26(22)17-24)28-12-9-23(19-32-28)30(36)33-18-21-6-3-2-4-7-21/h2-4,6-7,9-12,19,22,24,26H,5,8,13-18H2,1H3,(H,33,36)(H,34,37). The Morgan fingerprint density at radius 1 is 1.00 bits per heavy atom. The second-order valence-corrected chi connectivity index (χ2v) is 10.6. The minimum absolute atomic E-state index is 0.0661. The largest absolute Gasteiger partial charge is 0.486 e. The predicted molar refractivity (Wildman–Crippen MR) is 148 cm³/mol. The zero-order valence-corrected chi connectivity index (χ0v) is 22.2. The first-order chi connectivity index (χ1) is 19.1. The number of ether oxygens (including phenoxy) is 2. The average molecular weight is 527 g/mol. The quantitative estimate of drug-likeness (QED) is 0.499. The van der Waals surface area contributed by atoms with Crippen molar-refractivity contribution >= 4 is 17.6 Å². The summed E-state index contributed by atoms with van der Waals surface area (Å²) in [5.74, 6) is 2.56. The van der Waals surface area contributed by atoms with Crippen molar-refractivity contribution in [1.82, 2.24) is 15.6 Å². The highest BCUT2D eigenvalue weighted by molar-refractivity contribution is 5.97. The van der Waals surface area contributed by atoms with Gasteiger partial charge >= 0.3 is 0 Å². The second kappa shape index (κ2) is 11.0. The molecule has 8 nitrogen and oxygen atoms in total. The fourth-order valence-electron chi connectivity index (χ4n) is 6.22. The number of rotatable bonds is 6. The molecule has 6 rings (SSSR count). The molecule has 3 atom stereocenters. The number of fused-ring (bicyclic) bond motifs is 2. The molecule has 2 amide bonds. The van der Waals surface area contributed by atoms with E-state index in [1.807, 2.05) is 61.5 Å². The Balaban J connectivity index is 1.09. The molecule has 1 aromatic heterocycles. The normalized spacial score (nSPS) is 21.7. The third kappa shape index (κ3) is 5.28. The summed E-state index contributed by atoms with van der Waals surface area (Å²) >= 11 is 0. The highest BCUT2D eigenvalue weighted by Crippen LogP contribution is 2.40. The van der Waals surface area contributed by atoms with E-state index in [1.54, 1.807) is 6.20 Å². The maximum absolute atomic E-state index is 13.2. The van der Waals surface area contributed by atoms with E-state index < -0.39 is 0 Å².